The number of pyridine rings is 1. The van der Waals surface area contributed by atoms with Crippen LogP contribution in [0.15, 0.2) is 67.0 Å². The quantitative estimate of drug-likeness (QED) is 0.592. The lowest BCUT2D eigenvalue weighted by atomic mass is 9.81. The summed E-state index contributed by atoms with van der Waals surface area (Å²) in [4.78, 5) is 22.1. The summed E-state index contributed by atoms with van der Waals surface area (Å²) >= 11 is 0. The first-order valence-electron chi connectivity index (χ1n) is 9.01. The SMILES string of the molecule is Nc1c2c(nc3c1ncn3-c1ccccc1)C[C@H](c1ccccc1)CC2=O. The monoisotopic (exact) mass is 354 g/mol. The van der Waals surface area contributed by atoms with E-state index in [1.807, 2.05) is 53.1 Å². The third kappa shape index (κ3) is 2.51. The smallest absolute Gasteiger partial charge is 0.167 e. The molecule has 5 nitrogen and oxygen atoms in total. The van der Waals surface area contributed by atoms with Crippen LogP contribution in [0.1, 0.15) is 34.0 Å². The molecule has 0 fully saturated rings. The third-order valence-electron chi connectivity index (χ3n) is 5.25. The maximum Gasteiger partial charge on any atom is 0.167 e. The molecule has 1 aliphatic carbocycles. The van der Waals surface area contributed by atoms with E-state index in [9.17, 15) is 4.79 Å². The first-order valence-corrected chi connectivity index (χ1v) is 9.01. The number of carbonyl (C=O) groups excluding carboxylic acids is 1. The molecule has 0 radical (unpaired) electrons. The second kappa shape index (κ2) is 6.06. The summed E-state index contributed by atoms with van der Waals surface area (Å²) in [5.74, 6) is 0.176. The number of nitrogens with two attached hydrogens (primary N) is 1. The van der Waals surface area contributed by atoms with Gasteiger partial charge in [0.05, 0.1) is 16.9 Å². The number of ketones is 1. The predicted molar refractivity (Wildman–Crippen MR) is 105 cm³/mol. The summed E-state index contributed by atoms with van der Waals surface area (Å²) < 4.78 is 1.92. The summed E-state index contributed by atoms with van der Waals surface area (Å²) in [5.41, 5.74) is 11.5. The predicted octanol–water partition coefficient (Wildman–Crippen LogP) is 3.92. The third-order valence-corrected chi connectivity index (χ3v) is 5.25. The Hall–Kier alpha value is -3.47. The van der Waals surface area contributed by atoms with Gasteiger partial charge in [-0.05, 0) is 30.0 Å². The molecule has 0 unspecified atom stereocenters. The molecule has 0 saturated carbocycles. The molecular formula is C22H18N4O. The van der Waals surface area contributed by atoms with Crippen LogP contribution >= 0.6 is 0 Å². The first-order chi connectivity index (χ1) is 13.2. The Balaban J connectivity index is 1.67. The summed E-state index contributed by atoms with van der Waals surface area (Å²) in [5, 5.41) is 0. The van der Waals surface area contributed by atoms with Crippen LogP contribution in [0.4, 0.5) is 5.69 Å². The lowest BCUT2D eigenvalue weighted by Crippen LogP contribution is -2.22. The van der Waals surface area contributed by atoms with Gasteiger partial charge in [0, 0.05) is 12.1 Å². The van der Waals surface area contributed by atoms with Gasteiger partial charge >= 0.3 is 0 Å². The van der Waals surface area contributed by atoms with Crippen molar-refractivity contribution in [1.29, 1.82) is 0 Å². The molecule has 5 heteroatoms. The van der Waals surface area contributed by atoms with E-state index in [0.717, 1.165) is 16.9 Å². The summed E-state index contributed by atoms with van der Waals surface area (Å²) in [6.45, 7) is 0. The number of fused-ring (bicyclic) bond motifs is 2. The second-order valence-corrected chi connectivity index (χ2v) is 6.91. The van der Waals surface area contributed by atoms with E-state index < -0.39 is 0 Å². The van der Waals surface area contributed by atoms with E-state index in [1.54, 1.807) is 6.33 Å². The van der Waals surface area contributed by atoms with E-state index in [2.05, 4.69) is 17.1 Å². The minimum Gasteiger partial charge on any atom is -0.396 e. The minimum absolute atomic E-state index is 0.0475. The number of benzene rings is 2. The van der Waals surface area contributed by atoms with Crippen LogP contribution in [0.2, 0.25) is 0 Å². The van der Waals surface area contributed by atoms with Crippen molar-refractivity contribution in [2.45, 2.75) is 18.8 Å². The number of nitrogen functional groups attached to an aromatic ring is 1. The minimum atomic E-state index is 0.0475. The number of hydrogen-bond acceptors (Lipinski definition) is 4. The molecule has 0 saturated heterocycles. The highest BCUT2D eigenvalue weighted by Crippen LogP contribution is 2.37. The molecule has 132 valence electrons. The van der Waals surface area contributed by atoms with Gasteiger partial charge in [-0.3, -0.25) is 9.36 Å². The maximum atomic E-state index is 12.9. The fourth-order valence-corrected chi connectivity index (χ4v) is 3.93. The highest BCUT2D eigenvalue weighted by Gasteiger charge is 2.31. The van der Waals surface area contributed by atoms with E-state index in [-0.39, 0.29) is 11.7 Å². The molecule has 0 bridgehead atoms. The number of imidazole rings is 1. The van der Waals surface area contributed by atoms with Crippen molar-refractivity contribution in [3.8, 4) is 5.69 Å². The first kappa shape index (κ1) is 15.8. The van der Waals surface area contributed by atoms with Crippen molar-refractivity contribution in [2.24, 2.45) is 0 Å². The van der Waals surface area contributed by atoms with E-state index in [0.29, 0.717) is 35.3 Å². The standard InChI is InChI=1S/C22H18N4O/c23-20-19-17(11-15(12-18(19)27)14-7-3-1-4-8-14)25-22-21(20)24-13-26(22)16-9-5-2-6-10-16/h1-10,13,15H,11-12H2,(H2,23,25)/t15-/m0/s1. The number of carbonyl (C=O) groups is 1. The van der Waals surface area contributed by atoms with Crippen LogP contribution in [0.5, 0.6) is 0 Å². The van der Waals surface area contributed by atoms with Crippen molar-refractivity contribution < 1.29 is 4.79 Å². The molecule has 0 aliphatic heterocycles. The Labute approximate surface area is 156 Å². The number of para-hydroxylation sites is 1. The number of aromatic nitrogens is 3. The maximum absolute atomic E-state index is 12.9. The van der Waals surface area contributed by atoms with Crippen LogP contribution in [0, 0.1) is 0 Å². The number of hydrogen-bond donors (Lipinski definition) is 1. The molecule has 4 aromatic rings. The molecule has 5 rings (SSSR count). The van der Waals surface area contributed by atoms with Crippen molar-refractivity contribution >= 4 is 22.6 Å². The Morgan fingerprint density at radius 3 is 2.41 bits per heavy atom. The van der Waals surface area contributed by atoms with Gasteiger partial charge in [-0.25, -0.2) is 9.97 Å². The summed E-state index contributed by atoms with van der Waals surface area (Å²) in [7, 11) is 0. The topological polar surface area (TPSA) is 73.8 Å². The Morgan fingerprint density at radius 1 is 0.963 bits per heavy atom. The van der Waals surface area contributed by atoms with Gasteiger partial charge < -0.3 is 5.73 Å². The van der Waals surface area contributed by atoms with Gasteiger partial charge in [0.1, 0.15) is 11.8 Å². The number of nitrogens with zero attached hydrogens (tertiary/aromatic N) is 3. The Bertz CT molecular complexity index is 1150. The summed E-state index contributed by atoms with van der Waals surface area (Å²) in [6.07, 6.45) is 2.87. The molecule has 0 spiro atoms. The van der Waals surface area contributed by atoms with Crippen molar-refractivity contribution in [1.82, 2.24) is 14.5 Å². The van der Waals surface area contributed by atoms with Crippen LogP contribution in [0.25, 0.3) is 16.9 Å². The molecule has 1 aliphatic rings. The lowest BCUT2D eigenvalue weighted by molar-refractivity contribution is 0.0964. The van der Waals surface area contributed by atoms with E-state index in [4.69, 9.17) is 10.7 Å². The average molecular weight is 354 g/mol. The van der Waals surface area contributed by atoms with Gasteiger partial charge in [-0.15, -0.1) is 0 Å². The second-order valence-electron chi connectivity index (χ2n) is 6.91. The van der Waals surface area contributed by atoms with E-state index in [1.165, 1.54) is 0 Å². The van der Waals surface area contributed by atoms with Crippen molar-refractivity contribution in [3.05, 3.63) is 83.8 Å². The molecule has 1 atom stereocenters. The van der Waals surface area contributed by atoms with Crippen LogP contribution in [-0.2, 0) is 6.42 Å². The highest BCUT2D eigenvalue weighted by molar-refractivity contribution is 6.08. The molecule has 2 aromatic heterocycles. The zero-order valence-corrected chi connectivity index (χ0v) is 14.7. The van der Waals surface area contributed by atoms with Crippen LogP contribution in [0.3, 0.4) is 0 Å². The summed E-state index contributed by atoms with van der Waals surface area (Å²) in [6, 6.07) is 20.0. The molecule has 2 N–H and O–H groups in total. The van der Waals surface area contributed by atoms with Crippen molar-refractivity contribution in [2.75, 3.05) is 5.73 Å². The van der Waals surface area contributed by atoms with Gasteiger partial charge in [-0.2, -0.15) is 0 Å². The Morgan fingerprint density at radius 2 is 1.67 bits per heavy atom. The lowest BCUT2D eigenvalue weighted by Gasteiger charge is -2.24. The molecule has 2 heterocycles. The highest BCUT2D eigenvalue weighted by atomic mass is 16.1. The molecular weight excluding hydrogens is 336 g/mol. The van der Waals surface area contributed by atoms with Gasteiger partial charge in [0.25, 0.3) is 0 Å². The zero-order valence-electron chi connectivity index (χ0n) is 14.7. The van der Waals surface area contributed by atoms with Gasteiger partial charge in [-0.1, -0.05) is 48.5 Å². The largest absolute Gasteiger partial charge is 0.396 e. The van der Waals surface area contributed by atoms with Gasteiger partial charge in [0.2, 0.25) is 0 Å². The molecule has 2 aromatic carbocycles. The molecule has 0 amide bonds. The number of rotatable bonds is 2. The number of anilines is 1. The van der Waals surface area contributed by atoms with E-state index >= 15 is 0 Å². The van der Waals surface area contributed by atoms with Gasteiger partial charge in [0.15, 0.2) is 11.4 Å². The number of Topliss-reactive ketones (excluding diaryl/α,β-unsaturated/α-hetero) is 1. The van der Waals surface area contributed by atoms with Crippen LogP contribution < -0.4 is 5.73 Å². The van der Waals surface area contributed by atoms with Crippen molar-refractivity contribution in [3.63, 3.8) is 0 Å². The Kier molecular flexibility index (Phi) is 3.53. The zero-order chi connectivity index (χ0) is 18.4. The van der Waals surface area contributed by atoms with Crippen LogP contribution in [-0.4, -0.2) is 20.3 Å². The normalized spacial score (nSPS) is 16.4. The fourth-order valence-electron chi connectivity index (χ4n) is 3.93. The average Bonchev–Trinajstić information content (AvgIpc) is 3.13. The molecule has 27 heavy (non-hydrogen) atoms. The fraction of sp³-hybridized carbons (Fsp3) is 0.136.